The van der Waals surface area contributed by atoms with Crippen LogP contribution >= 0.6 is 0 Å². The summed E-state index contributed by atoms with van der Waals surface area (Å²) in [5.74, 6) is 1.14. The number of hydrogen-bond acceptors (Lipinski definition) is 2. The molecular weight excluding hydrogens is 212 g/mol. The van der Waals surface area contributed by atoms with Gasteiger partial charge in [0, 0.05) is 13.0 Å². The summed E-state index contributed by atoms with van der Waals surface area (Å²) in [5, 5.41) is 0. The molecule has 90 valence electrons. The van der Waals surface area contributed by atoms with Crippen molar-refractivity contribution in [2.24, 2.45) is 5.92 Å². The van der Waals surface area contributed by atoms with E-state index in [-0.39, 0.29) is 6.10 Å². The minimum absolute atomic E-state index is 0.136. The van der Waals surface area contributed by atoms with Crippen LogP contribution in [-0.4, -0.2) is 18.5 Å². The van der Waals surface area contributed by atoms with Crippen molar-refractivity contribution in [2.45, 2.75) is 38.2 Å². The Balaban J connectivity index is 1.64. The molecular formula is C15H18O2. The third-order valence-corrected chi connectivity index (χ3v) is 4.11. The van der Waals surface area contributed by atoms with Crippen LogP contribution in [0.3, 0.4) is 0 Å². The molecule has 3 rings (SSSR count). The quantitative estimate of drug-likeness (QED) is 0.798. The Kier molecular flexibility index (Phi) is 2.75. The van der Waals surface area contributed by atoms with Crippen molar-refractivity contribution in [2.75, 3.05) is 6.61 Å². The van der Waals surface area contributed by atoms with Gasteiger partial charge in [-0.25, -0.2) is 0 Å². The van der Waals surface area contributed by atoms with E-state index in [9.17, 15) is 4.79 Å². The van der Waals surface area contributed by atoms with Gasteiger partial charge in [-0.05, 0) is 35.8 Å². The smallest absolute Gasteiger partial charge is 0.162 e. The van der Waals surface area contributed by atoms with Gasteiger partial charge in [0.05, 0.1) is 0 Å². The highest BCUT2D eigenvalue weighted by atomic mass is 16.5. The first-order chi connectivity index (χ1) is 8.25. The summed E-state index contributed by atoms with van der Waals surface area (Å²) in [6.45, 7) is 2.86. The number of benzene rings is 1. The Morgan fingerprint density at radius 3 is 2.94 bits per heavy atom. The van der Waals surface area contributed by atoms with Gasteiger partial charge in [0.25, 0.3) is 0 Å². The second kappa shape index (κ2) is 4.26. The first-order valence-electron chi connectivity index (χ1n) is 6.48. The maximum absolute atomic E-state index is 12.1. The first kappa shape index (κ1) is 11.0. The molecule has 0 N–H and O–H groups in total. The number of ketones is 1. The van der Waals surface area contributed by atoms with Crippen molar-refractivity contribution in [3.8, 4) is 0 Å². The second-order valence-corrected chi connectivity index (χ2v) is 5.33. The molecule has 0 aromatic heterocycles. The number of hydrogen-bond donors (Lipinski definition) is 0. The van der Waals surface area contributed by atoms with E-state index in [4.69, 9.17) is 4.74 Å². The van der Waals surface area contributed by atoms with E-state index in [2.05, 4.69) is 31.2 Å². The van der Waals surface area contributed by atoms with E-state index >= 15 is 0 Å². The van der Waals surface area contributed by atoms with Gasteiger partial charge in [0.2, 0.25) is 0 Å². The van der Waals surface area contributed by atoms with Crippen molar-refractivity contribution in [1.82, 2.24) is 0 Å². The van der Waals surface area contributed by atoms with E-state index in [0.29, 0.717) is 24.0 Å². The van der Waals surface area contributed by atoms with Gasteiger partial charge in [-0.15, -0.1) is 0 Å². The summed E-state index contributed by atoms with van der Waals surface area (Å²) >= 11 is 0. The maximum Gasteiger partial charge on any atom is 0.162 e. The minimum Gasteiger partial charge on any atom is -0.370 e. The van der Waals surface area contributed by atoms with E-state index in [1.807, 2.05) is 0 Å². The number of carbonyl (C=O) groups is 1. The predicted molar refractivity (Wildman–Crippen MR) is 66.0 cm³/mol. The highest BCUT2D eigenvalue weighted by molar-refractivity contribution is 5.84. The van der Waals surface area contributed by atoms with Crippen molar-refractivity contribution in [3.05, 3.63) is 35.4 Å². The Morgan fingerprint density at radius 1 is 1.41 bits per heavy atom. The lowest BCUT2D eigenvalue weighted by molar-refractivity contribution is -0.129. The van der Waals surface area contributed by atoms with Crippen LogP contribution in [0, 0.1) is 5.92 Å². The molecule has 0 spiro atoms. The second-order valence-electron chi connectivity index (χ2n) is 5.33. The highest BCUT2D eigenvalue weighted by Gasteiger charge is 2.34. The van der Waals surface area contributed by atoms with Crippen LogP contribution in [0.4, 0.5) is 0 Å². The third-order valence-electron chi connectivity index (χ3n) is 4.11. The maximum atomic E-state index is 12.1. The number of fused-ring (bicyclic) bond motifs is 1. The van der Waals surface area contributed by atoms with E-state index < -0.39 is 0 Å². The number of Topliss-reactive ketones (excluding diaryl/α,β-unsaturated/α-hetero) is 1. The standard InChI is InChI=1S/C15H18O2/c1-10-6-7-17-15(10)14(16)9-12-8-11-4-2-3-5-13(11)12/h2-5,10,12,15H,6-9H2,1H3. The number of carbonyl (C=O) groups excluding carboxylic acids is 1. The zero-order valence-electron chi connectivity index (χ0n) is 10.2. The fraction of sp³-hybridized carbons (Fsp3) is 0.533. The Morgan fingerprint density at radius 2 is 2.24 bits per heavy atom. The average Bonchev–Trinajstić information content (AvgIpc) is 2.72. The van der Waals surface area contributed by atoms with Crippen molar-refractivity contribution >= 4 is 5.78 Å². The fourth-order valence-electron chi connectivity index (χ4n) is 3.01. The Hall–Kier alpha value is -1.15. The van der Waals surface area contributed by atoms with Crippen LogP contribution in [0.15, 0.2) is 24.3 Å². The van der Waals surface area contributed by atoms with Gasteiger partial charge in [-0.3, -0.25) is 4.79 Å². The van der Waals surface area contributed by atoms with Gasteiger partial charge in [0.15, 0.2) is 5.78 Å². The first-order valence-corrected chi connectivity index (χ1v) is 6.48. The molecule has 0 radical (unpaired) electrons. The van der Waals surface area contributed by atoms with Crippen LogP contribution < -0.4 is 0 Å². The van der Waals surface area contributed by atoms with Gasteiger partial charge < -0.3 is 4.74 Å². The number of rotatable bonds is 3. The largest absolute Gasteiger partial charge is 0.370 e. The molecule has 2 aliphatic rings. The molecule has 1 aliphatic heterocycles. The molecule has 3 atom stereocenters. The lowest BCUT2D eigenvalue weighted by Crippen LogP contribution is -2.29. The molecule has 0 bridgehead atoms. The monoisotopic (exact) mass is 230 g/mol. The fourth-order valence-corrected chi connectivity index (χ4v) is 3.01. The Labute approximate surface area is 102 Å². The van der Waals surface area contributed by atoms with Crippen LogP contribution in [0.2, 0.25) is 0 Å². The molecule has 3 unspecified atom stereocenters. The molecule has 1 heterocycles. The lowest BCUT2D eigenvalue weighted by Gasteiger charge is -2.30. The summed E-state index contributed by atoms with van der Waals surface area (Å²) in [6, 6.07) is 8.43. The van der Waals surface area contributed by atoms with Gasteiger partial charge in [-0.1, -0.05) is 31.2 Å². The average molecular weight is 230 g/mol. The predicted octanol–water partition coefficient (Wildman–Crippen LogP) is 2.71. The third kappa shape index (κ3) is 1.91. The summed E-state index contributed by atoms with van der Waals surface area (Å²) in [4.78, 5) is 12.1. The molecule has 1 fully saturated rings. The van der Waals surface area contributed by atoms with Crippen LogP contribution in [0.5, 0.6) is 0 Å². The molecule has 0 saturated carbocycles. The zero-order valence-corrected chi connectivity index (χ0v) is 10.2. The van der Waals surface area contributed by atoms with Crippen LogP contribution in [-0.2, 0) is 16.0 Å². The topological polar surface area (TPSA) is 26.3 Å². The summed E-state index contributed by atoms with van der Waals surface area (Å²) in [6.07, 6.45) is 2.61. The summed E-state index contributed by atoms with van der Waals surface area (Å²) in [5.41, 5.74) is 2.78. The molecule has 1 aromatic carbocycles. The van der Waals surface area contributed by atoms with E-state index in [0.717, 1.165) is 19.4 Å². The van der Waals surface area contributed by atoms with Gasteiger partial charge in [0.1, 0.15) is 6.10 Å². The van der Waals surface area contributed by atoms with Crippen LogP contribution in [0.1, 0.15) is 36.8 Å². The molecule has 1 aromatic rings. The van der Waals surface area contributed by atoms with Gasteiger partial charge in [-0.2, -0.15) is 0 Å². The summed E-state index contributed by atoms with van der Waals surface area (Å²) < 4.78 is 5.53. The molecule has 2 heteroatoms. The molecule has 17 heavy (non-hydrogen) atoms. The summed E-state index contributed by atoms with van der Waals surface area (Å²) in [7, 11) is 0. The molecule has 1 aliphatic carbocycles. The van der Waals surface area contributed by atoms with E-state index in [1.54, 1.807) is 0 Å². The van der Waals surface area contributed by atoms with E-state index in [1.165, 1.54) is 11.1 Å². The molecule has 2 nitrogen and oxygen atoms in total. The van der Waals surface area contributed by atoms with Crippen molar-refractivity contribution in [3.63, 3.8) is 0 Å². The Bertz CT molecular complexity index is 438. The zero-order chi connectivity index (χ0) is 11.8. The molecule has 0 amide bonds. The van der Waals surface area contributed by atoms with Gasteiger partial charge >= 0.3 is 0 Å². The van der Waals surface area contributed by atoms with Crippen molar-refractivity contribution < 1.29 is 9.53 Å². The minimum atomic E-state index is -0.136. The van der Waals surface area contributed by atoms with Crippen LogP contribution in [0.25, 0.3) is 0 Å². The SMILES string of the molecule is CC1CCOC1C(=O)CC1Cc2ccccc21. The lowest BCUT2D eigenvalue weighted by atomic mass is 9.74. The molecule has 1 saturated heterocycles. The van der Waals surface area contributed by atoms with Crippen molar-refractivity contribution in [1.29, 1.82) is 0 Å². The number of ether oxygens (including phenoxy) is 1. The highest BCUT2D eigenvalue weighted by Crippen LogP contribution is 2.38. The normalized spacial score (nSPS) is 30.8.